The molecule has 0 saturated carbocycles. The highest BCUT2D eigenvalue weighted by Crippen LogP contribution is 2.37. The summed E-state index contributed by atoms with van der Waals surface area (Å²) >= 11 is 0. The van der Waals surface area contributed by atoms with Crippen molar-refractivity contribution in [2.24, 2.45) is 5.92 Å². The van der Waals surface area contributed by atoms with E-state index in [1.807, 2.05) is 74.5 Å². The van der Waals surface area contributed by atoms with Crippen molar-refractivity contribution >= 4 is 38.7 Å². The third-order valence-electron chi connectivity index (χ3n) is 5.12. The zero-order valence-electron chi connectivity index (χ0n) is 17.7. The number of para-hydroxylation sites is 3. The van der Waals surface area contributed by atoms with Crippen molar-refractivity contribution in [1.82, 2.24) is 0 Å². The molecule has 0 aromatic heterocycles. The second kappa shape index (κ2) is 8.07. The molecule has 1 heterocycles. The van der Waals surface area contributed by atoms with Gasteiger partial charge in [0.1, 0.15) is 0 Å². The minimum atomic E-state index is -3.46. The Bertz CT molecular complexity index is 1250. The van der Waals surface area contributed by atoms with Crippen molar-refractivity contribution in [2.75, 3.05) is 27.7 Å². The van der Waals surface area contributed by atoms with Gasteiger partial charge in [-0.1, -0.05) is 50.2 Å². The van der Waals surface area contributed by atoms with Gasteiger partial charge < -0.3 is 10.6 Å². The first-order chi connectivity index (χ1) is 14.7. The number of benzene rings is 3. The maximum Gasteiger partial charge on any atom is 0.257 e. The maximum absolute atomic E-state index is 12.7. The monoisotopic (exact) mass is 435 g/mol. The third kappa shape index (κ3) is 4.27. The van der Waals surface area contributed by atoms with Gasteiger partial charge in [-0.2, -0.15) is 0 Å². The number of hydrogen-bond donors (Lipinski definition) is 2. The fraction of sp³-hybridized carbons (Fsp3) is 0.208. The summed E-state index contributed by atoms with van der Waals surface area (Å²) in [6.45, 7) is 4.36. The summed E-state index contributed by atoms with van der Waals surface area (Å²) in [6, 6.07) is 20.5. The van der Waals surface area contributed by atoms with Crippen LogP contribution in [-0.4, -0.2) is 27.1 Å². The van der Waals surface area contributed by atoms with Crippen molar-refractivity contribution in [2.45, 2.75) is 13.8 Å². The zero-order valence-corrected chi connectivity index (χ0v) is 18.5. The number of fused-ring (bicyclic) bond motifs is 2. The maximum atomic E-state index is 12.7. The molecule has 31 heavy (non-hydrogen) atoms. The van der Waals surface area contributed by atoms with Gasteiger partial charge in [0.2, 0.25) is 10.0 Å². The lowest BCUT2D eigenvalue weighted by Crippen LogP contribution is -2.33. The Kier molecular flexibility index (Phi) is 5.45. The fourth-order valence-corrected chi connectivity index (χ4v) is 4.81. The molecular formula is C24H25N3O3S. The Morgan fingerprint density at radius 2 is 1.48 bits per heavy atom. The van der Waals surface area contributed by atoms with E-state index in [1.54, 1.807) is 6.07 Å². The number of carbonyl (C=O) groups is 1. The van der Waals surface area contributed by atoms with Crippen molar-refractivity contribution in [3.8, 4) is 11.1 Å². The molecule has 1 aliphatic heterocycles. The summed E-state index contributed by atoms with van der Waals surface area (Å²) in [6.07, 6.45) is 1.23. The van der Waals surface area contributed by atoms with Gasteiger partial charge in [0.25, 0.3) is 5.91 Å². The number of anilines is 4. The molecule has 7 heteroatoms. The first-order valence-electron chi connectivity index (χ1n) is 10.1. The molecule has 1 aliphatic rings. The van der Waals surface area contributed by atoms with Crippen molar-refractivity contribution in [3.05, 3.63) is 72.3 Å². The number of hydrogen-bond acceptors (Lipinski definition) is 4. The first-order valence-corrected chi connectivity index (χ1v) is 12.0. The van der Waals surface area contributed by atoms with Crippen molar-refractivity contribution < 1.29 is 13.2 Å². The molecule has 0 radical (unpaired) electrons. The topological polar surface area (TPSA) is 78.5 Å². The third-order valence-corrected chi connectivity index (χ3v) is 6.27. The molecule has 160 valence electrons. The predicted molar refractivity (Wildman–Crippen MR) is 127 cm³/mol. The highest BCUT2D eigenvalue weighted by molar-refractivity contribution is 7.92. The second-order valence-corrected chi connectivity index (χ2v) is 10.00. The second-order valence-electron chi connectivity index (χ2n) is 8.09. The molecule has 2 N–H and O–H groups in total. The Hall–Kier alpha value is -3.32. The molecule has 4 rings (SSSR count). The Morgan fingerprint density at radius 3 is 2.16 bits per heavy atom. The SMILES string of the molecule is CC(C)CN(c1ccccc1-c1ccc2c(c1)Nc1ccccc1NC2=O)S(C)(=O)=O. The number of amides is 1. The highest BCUT2D eigenvalue weighted by atomic mass is 32.2. The van der Waals surface area contributed by atoms with E-state index in [0.29, 0.717) is 29.2 Å². The number of nitrogens with zero attached hydrogens (tertiary/aromatic N) is 1. The van der Waals surface area contributed by atoms with Crippen LogP contribution in [0.25, 0.3) is 11.1 Å². The van der Waals surface area contributed by atoms with Gasteiger partial charge >= 0.3 is 0 Å². The first kappa shape index (κ1) is 20.9. The molecule has 0 unspecified atom stereocenters. The minimum absolute atomic E-state index is 0.164. The lowest BCUT2D eigenvalue weighted by atomic mass is 10.00. The van der Waals surface area contributed by atoms with Gasteiger partial charge in [-0.05, 0) is 41.8 Å². The van der Waals surface area contributed by atoms with Crippen LogP contribution in [0.4, 0.5) is 22.7 Å². The molecule has 0 bridgehead atoms. The summed E-state index contributed by atoms with van der Waals surface area (Å²) < 4.78 is 26.6. The van der Waals surface area contributed by atoms with Crippen LogP contribution >= 0.6 is 0 Å². The van der Waals surface area contributed by atoms with Crippen molar-refractivity contribution in [3.63, 3.8) is 0 Å². The number of nitrogens with one attached hydrogen (secondary N) is 2. The largest absolute Gasteiger partial charge is 0.353 e. The van der Waals surface area contributed by atoms with Crippen LogP contribution in [0.2, 0.25) is 0 Å². The predicted octanol–water partition coefficient (Wildman–Crippen LogP) is 5.08. The number of rotatable bonds is 5. The van der Waals surface area contributed by atoms with E-state index in [2.05, 4.69) is 10.6 Å². The van der Waals surface area contributed by atoms with Crippen LogP contribution in [0.5, 0.6) is 0 Å². The highest BCUT2D eigenvalue weighted by Gasteiger charge is 2.23. The summed E-state index contributed by atoms with van der Waals surface area (Å²) in [5.41, 5.74) is 4.95. The van der Waals surface area contributed by atoms with E-state index < -0.39 is 10.0 Å². The molecule has 6 nitrogen and oxygen atoms in total. The molecule has 0 saturated heterocycles. The van der Waals surface area contributed by atoms with E-state index in [9.17, 15) is 13.2 Å². The lowest BCUT2D eigenvalue weighted by Gasteiger charge is -2.27. The van der Waals surface area contributed by atoms with E-state index in [4.69, 9.17) is 0 Å². The molecule has 0 spiro atoms. The molecular weight excluding hydrogens is 410 g/mol. The van der Waals surface area contributed by atoms with Crippen LogP contribution in [0.1, 0.15) is 24.2 Å². The van der Waals surface area contributed by atoms with Crippen LogP contribution in [0.3, 0.4) is 0 Å². The average Bonchev–Trinajstić information content (AvgIpc) is 2.86. The summed E-state index contributed by atoms with van der Waals surface area (Å²) in [4.78, 5) is 12.7. The summed E-state index contributed by atoms with van der Waals surface area (Å²) in [5, 5.41) is 6.26. The van der Waals surface area contributed by atoms with Gasteiger partial charge in [0, 0.05) is 12.1 Å². The van der Waals surface area contributed by atoms with Crippen LogP contribution < -0.4 is 14.9 Å². The average molecular weight is 436 g/mol. The smallest absolute Gasteiger partial charge is 0.257 e. The molecule has 3 aromatic carbocycles. The van der Waals surface area contributed by atoms with Crippen LogP contribution in [0.15, 0.2) is 66.7 Å². The van der Waals surface area contributed by atoms with Gasteiger partial charge in [-0.15, -0.1) is 0 Å². The van der Waals surface area contributed by atoms with Gasteiger partial charge in [0.05, 0.1) is 34.6 Å². The molecule has 0 aliphatic carbocycles. The Labute approximate surface area is 183 Å². The minimum Gasteiger partial charge on any atom is -0.353 e. The van der Waals surface area contributed by atoms with E-state index in [0.717, 1.165) is 16.8 Å². The standard InChI is InChI=1S/C24H25N3O3S/c1-16(2)15-27(31(3,29)30)23-11-7-4-8-18(23)17-12-13-19-22(14-17)25-20-9-5-6-10-21(20)26-24(19)28/h4-14,16,25H,15H2,1-3H3,(H,26,28). The molecule has 0 fully saturated rings. The molecule has 1 amide bonds. The van der Waals surface area contributed by atoms with E-state index in [-0.39, 0.29) is 11.8 Å². The fourth-order valence-electron chi connectivity index (χ4n) is 3.73. The van der Waals surface area contributed by atoms with E-state index >= 15 is 0 Å². The zero-order chi connectivity index (χ0) is 22.2. The molecule has 0 atom stereocenters. The Morgan fingerprint density at radius 1 is 0.839 bits per heavy atom. The normalized spacial score (nSPS) is 13.0. The van der Waals surface area contributed by atoms with Gasteiger partial charge in [-0.25, -0.2) is 8.42 Å². The summed E-state index contributed by atoms with van der Waals surface area (Å²) in [5.74, 6) is -0.0263. The van der Waals surface area contributed by atoms with Gasteiger partial charge in [0.15, 0.2) is 0 Å². The molecule has 3 aromatic rings. The number of carbonyl (C=O) groups excluding carboxylic acids is 1. The van der Waals surface area contributed by atoms with Crippen LogP contribution in [-0.2, 0) is 10.0 Å². The number of sulfonamides is 1. The summed E-state index contributed by atoms with van der Waals surface area (Å²) in [7, 11) is -3.46. The van der Waals surface area contributed by atoms with Gasteiger partial charge in [-0.3, -0.25) is 9.10 Å². The van der Waals surface area contributed by atoms with Crippen molar-refractivity contribution in [1.29, 1.82) is 0 Å². The quantitative estimate of drug-likeness (QED) is 0.585. The van der Waals surface area contributed by atoms with E-state index in [1.165, 1.54) is 10.6 Å². The Balaban J connectivity index is 1.83. The van der Waals surface area contributed by atoms with Crippen LogP contribution in [0, 0.1) is 5.92 Å². The lowest BCUT2D eigenvalue weighted by molar-refractivity contribution is 0.102.